The van der Waals surface area contributed by atoms with Crippen LogP contribution in [0.15, 0.2) is 78.9 Å². The van der Waals surface area contributed by atoms with Gasteiger partial charge in [-0.05, 0) is 23.1 Å². The van der Waals surface area contributed by atoms with E-state index >= 15 is 0 Å². The maximum Gasteiger partial charge on any atom is 0.126 e. The summed E-state index contributed by atoms with van der Waals surface area (Å²) < 4.78 is 0. The van der Waals surface area contributed by atoms with Crippen molar-refractivity contribution in [3.8, 4) is 11.3 Å². The Labute approximate surface area is 145 Å². The Bertz CT molecular complexity index is 1240. The molecule has 25 heavy (non-hydrogen) atoms. The number of aryl methyl sites for hydroxylation is 1. The van der Waals surface area contributed by atoms with Crippen molar-refractivity contribution in [3.63, 3.8) is 0 Å². The number of hydrogen-bond acceptors (Lipinski definition) is 2. The van der Waals surface area contributed by atoms with Gasteiger partial charge in [0.15, 0.2) is 0 Å². The summed E-state index contributed by atoms with van der Waals surface area (Å²) in [6, 6.07) is 27.4. The summed E-state index contributed by atoms with van der Waals surface area (Å²) in [4.78, 5) is 9.65. The van der Waals surface area contributed by atoms with Gasteiger partial charge >= 0.3 is 0 Å². The van der Waals surface area contributed by atoms with Gasteiger partial charge < -0.3 is 0 Å². The summed E-state index contributed by atoms with van der Waals surface area (Å²) >= 11 is 0. The Kier molecular flexibility index (Phi) is 3.04. The standard InChI is InChI=1S/C23H16N2/c1-15-24-22(16-9-3-2-4-10-16)21-19-13-7-5-11-17(19)18-12-6-8-14-20(18)23(21)25-15/h2-14H,1H3. The van der Waals surface area contributed by atoms with Gasteiger partial charge in [0.05, 0.1) is 11.2 Å². The zero-order valence-corrected chi connectivity index (χ0v) is 13.9. The van der Waals surface area contributed by atoms with Crippen LogP contribution in [0.2, 0.25) is 0 Å². The molecule has 118 valence electrons. The summed E-state index contributed by atoms with van der Waals surface area (Å²) in [5.74, 6) is 0.798. The van der Waals surface area contributed by atoms with Crippen LogP contribution in [0, 0.1) is 6.92 Å². The monoisotopic (exact) mass is 320 g/mol. The van der Waals surface area contributed by atoms with Crippen molar-refractivity contribution in [2.75, 3.05) is 0 Å². The molecule has 1 heterocycles. The minimum absolute atomic E-state index is 0.798. The minimum Gasteiger partial charge on any atom is -0.233 e. The zero-order valence-electron chi connectivity index (χ0n) is 13.9. The molecule has 2 nitrogen and oxygen atoms in total. The number of rotatable bonds is 1. The summed E-state index contributed by atoms with van der Waals surface area (Å²) in [6.45, 7) is 1.97. The third-order valence-electron chi connectivity index (χ3n) is 4.74. The first-order valence-electron chi connectivity index (χ1n) is 8.46. The second-order valence-corrected chi connectivity index (χ2v) is 6.30. The molecule has 0 spiro atoms. The molecule has 0 amide bonds. The summed E-state index contributed by atoms with van der Waals surface area (Å²) in [5, 5.41) is 6.00. The van der Waals surface area contributed by atoms with E-state index in [1.165, 1.54) is 21.5 Å². The van der Waals surface area contributed by atoms with Crippen molar-refractivity contribution >= 4 is 32.4 Å². The van der Waals surface area contributed by atoms with Crippen LogP contribution in [0.5, 0.6) is 0 Å². The maximum absolute atomic E-state index is 4.83. The molecule has 0 saturated carbocycles. The number of hydrogen-bond donors (Lipinski definition) is 0. The third kappa shape index (κ3) is 2.11. The van der Waals surface area contributed by atoms with Crippen molar-refractivity contribution in [1.82, 2.24) is 9.97 Å². The third-order valence-corrected chi connectivity index (χ3v) is 4.74. The molecule has 1 aromatic heterocycles. The fourth-order valence-corrected chi connectivity index (χ4v) is 3.69. The molecule has 2 heteroatoms. The second kappa shape index (κ2) is 5.38. The first-order valence-corrected chi connectivity index (χ1v) is 8.46. The van der Waals surface area contributed by atoms with Gasteiger partial charge in [0.1, 0.15) is 5.82 Å². The van der Waals surface area contributed by atoms with Gasteiger partial charge in [-0.1, -0.05) is 78.9 Å². The molecule has 0 saturated heterocycles. The van der Waals surface area contributed by atoms with E-state index in [9.17, 15) is 0 Å². The maximum atomic E-state index is 4.83. The number of fused-ring (bicyclic) bond motifs is 6. The van der Waals surface area contributed by atoms with Crippen molar-refractivity contribution in [1.29, 1.82) is 0 Å². The highest BCUT2D eigenvalue weighted by Gasteiger charge is 2.15. The highest BCUT2D eigenvalue weighted by atomic mass is 14.9. The average molecular weight is 320 g/mol. The summed E-state index contributed by atoms with van der Waals surface area (Å²) in [6.07, 6.45) is 0. The van der Waals surface area contributed by atoms with E-state index in [4.69, 9.17) is 9.97 Å². The van der Waals surface area contributed by atoms with Crippen molar-refractivity contribution in [2.24, 2.45) is 0 Å². The average Bonchev–Trinajstić information content (AvgIpc) is 2.68. The predicted molar refractivity (Wildman–Crippen MR) is 105 cm³/mol. The van der Waals surface area contributed by atoms with Gasteiger partial charge in [-0.2, -0.15) is 0 Å². The molecule has 0 aliphatic heterocycles. The SMILES string of the molecule is Cc1nc(-c2ccccc2)c2c3ccccc3c3ccccc3c2n1. The molecule has 0 aliphatic rings. The molecule has 0 unspecified atom stereocenters. The molecular weight excluding hydrogens is 304 g/mol. The minimum atomic E-state index is 0.798. The van der Waals surface area contributed by atoms with E-state index in [2.05, 4.69) is 72.8 Å². The van der Waals surface area contributed by atoms with Gasteiger partial charge in [0.2, 0.25) is 0 Å². The quantitative estimate of drug-likeness (QED) is 0.359. The Hall–Kier alpha value is -3.26. The summed E-state index contributed by atoms with van der Waals surface area (Å²) in [7, 11) is 0. The lowest BCUT2D eigenvalue weighted by Crippen LogP contribution is -1.96. The number of benzene rings is 4. The topological polar surface area (TPSA) is 25.8 Å². The van der Waals surface area contributed by atoms with Crippen LogP contribution in [0.4, 0.5) is 0 Å². The molecular formula is C23H16N2. The van der Waals surface area contributed by atoms with Crippen LogP contribution in [0.3, 0.4) is 0 Å². The van der Waals surface area contributed by atoms with Gasteiger partial charge in [0.25, 0.3) is 0 Å². The lowest BCUT2D eigenvalue weighted by molar-refractivity contribution is 1.10. The molecule has 0 N–H and O–H groups in total. The molecule has 5 aromatic rings. The first-order chi connectivity index (χ1) is 12.3. The van der Waals surface area contributed by atoms with Crippen LogP contribution in [0.1, 0.15) is 5.82 Å². The largest absolute Gasteiger partial charge is 0.233 e. The van der Waals surface area contributed by atoms with Crippen LogP contribution in [-0.4, -0.2) is 9.97 Å². The first kappa shape index (κ1) is 14.1. The van der Waals surface area contributed by atoms with Crippen molar-refractivity contribution in [3.05, 3.63) is 84.7 Å². The molecule has 5 rings (SSSR count). The molecule has 0 bridgehead atoms. The Balaban J connectivity index is 2.11. The van der Waals surface area contributed by atoms with Gasteiger partial charge in [-0.25, -0.2) is 9.97 Å². The van der Waals surface area contributed by atoms with E-state index in [0.717, 1.165) is 28.0 Å². The van der Waals surface area contributed by atoms with Crippen molar-refractivity contribution in [2.45, 2.75) is 6.92 Å². The van der Waals surface area contributed by atoms with E-state index in [-0.39, 0.29) is 0 Å². The fourth-order valence-electron chi connectivity index (χ4n) is 3.69. The van der Waals surface area contributed by atoms with E-state index in [0.29, 0.717) is 0 Å². The lowest BCUT2D eigenvalue weighted by Gasteiger charge is -2.13. The lowest BCUT2D eigenvalue weighted by atomic mass is 9.94. The molecule has 0 atom stereocenters. The van der Waals surface area contributed by atoms with E-state index < -0.39 is 0 Å². The van der Waals surface area contributed by atoms with Crippen LogP contribution in [-0.2, 0) is 0 Å². The number of nitrogens with zero attached hydrogens (tertiary/aromatic N) is 2. The Morgan fingerprint density at radius 2 is 1.12 bits per heavy atom. The highest BCUT2D eigenvalue weighted by molar-refractivity contribution is 6.26. The summed E-state index contributed by atoms with van der Waals surface area (Å²) in [5.41, 5.74) is 3.16. The molecule has 0 aliphatic carbocycles. The normalized spacial score (nSPS) is 11.4. The molecule has 4 aromatic carbocycles. The van der Waals surface area contributed by atoms with Crippen LogP contribution >= 0.6 is 0 Å². The predicted octanol–water partition coefficient (Wildman–Crippen LogP) is 5.91. The Morgan fingerprint density at radius 1 is 0.560 bits per heavy atom. The fraction of sp³-hybridized carbons (Fsp3) is 0.0435. The van der Waals surface area contributed by atoms with Gasteiger partial charge in [-0.3, -0.25) is 0 Å². The molecule has 0 radical (unpaired) electrons. The highest BCUT2D eigenvalue weighted by Crippen LogP contribution is 2.38. The molecule has 0 fully saturated rings. The van der Waals surface area contributed by atoms with Crippen LogP contribution < -0.4 is 0 Å². The Morgan fingerprint density at radius 3 is 1.84 bits per heavy atom. The van der Waals surface area contributed by atoms with E-state index in [1.54, 1.807) is 0 Å². The van der Waals surface area contributed by atoms with Gasteiger partial charge in [0, 0.05) is 16.3 Å². The van der Waals surface area contributed by atoms with Crippen molar-refractivity contribution < 1.29 is 0 Å². The second-order valence-electron chi connectivity index (χ2n) is 6.30. The van der Waals surface area contributed by atoms with E-state index in [1.807, 2.05) is 13.0 Å². The number of aromatic nitrogens is 2. The smallest absolute Gasteiger partial charge is 0.126 e. The van der Waals surface area contributed by atoms with Gasteiger partial charge in [-0.15, -0.1) is 0 Å². The van der Waals surface area contributed by atoms with Crippen LogP contribution in [0.25, 0.3) is 43.7 Å². The zero-order chi connectivity index (χ0) is 16.8.